The number of nitrogens with two attached hydrogens (primary N) is 1. The van der Waals surface area contributed by atoms with Gasteiger partial charge in [-0.2, -0.15) is 0 Å². The number of halogens is 2. The smallest absolute Gasteiger partial charge is 0.0595 e. The van der Waals surface area contributed by atoms with Crippen LogP contribution in [-0.2, 0) is 0 Å². The highest BCUT2D eigenvalue weighted by molar-refractivity contribution is 6.42. The average molecular weight is 245 g/mol. The molecular formula is C11H14Cl2N2. The summed E-state index contributed by atoms with van der Waals surface area (Å²) < 4.78 is 0. The molecule has 1 fully saturated rings. The van der Waals surface area contributed by atoms with E-state index in [0.717, 1.165) is 25.1 Å². The molecule has 1 aliphatic rings. The Balaban J connectivity index is 2.17. The molecule has 1 aromatic carbocycles. The molecule has 15 heavy (non-hydrogen) atoms. The molecule has 2 nitrogen and oxygen atoms in total. The van der Waals surface area contributed by atoms with E-state index in [-0.39, 0.29) is 6.04 Å². The quantitative estimate of drug-likeness (QED) is 0.840. The van der Waals surface area contributed by atoms with E-state index in [2.05, 4.69) is 5.32 Å². The first-order valence-corrected chi connectivity index (χ1v) is 5.85. The molecule has 2 unspecified atom stereocenters. The van der Waals surface area contributed by atoms with Crippen molar-refractivity contribution in [1.82, 2.24) is 5.32 Å². The van der Waals surface area contributed by atoms with Crippen molar-refractivity contribution in [2.75, 3.05) is 13.1 Å². The second-order valence-electron chi connectivity index (χ2n) is 3.95. The summed E-state index contributed by atoms with van der Waals surface area (Å²) in [6, 6.07) is 5.68. The molecule has 0 aliphatic carbocycles. The van der Waals surface area contributed by atoms with Gasteiger partial charge in [0.25, 0.3) is 0 Å². The summed E-state index contributed by atoms with van der Waals surface area (Å²) in [7, 11) is 0. The van der Waals surface area contributed by atoms with E-state index in [0.29, 0.717) is 16.0 Å². The Morgan fingerprint density at radius 3 is 2.73 bits per heavy atom. The van der Waals surface area contributed by atoms with Gasteiger partial charge in [0, 0.05) is 6.04 Å². The van der Waals surface area contributed by atoms with Gasteiger partial charge in [0.05, 0.1) is 10.0 Å². The van der Waals surface area contributed by atoms with Gasteiger partial charge in [-0.1, -0.05) is 29.3 Å². The standard InChI is InChI=1S/C11H14Cl2N2/c12-9-2-1-7(5-10(9)13)11(14)8-3-4-15-6-8/h1-2,5,8,11,15H,3-4,6,14H2. The number of nitrogens with one attached hydrogen (secondary N) is 1. The lowest BCUT2D eigenvalue weighted by Crippen LogP contribution is -2.23. The van der Waals surface area contributed by atoms with Gasteiger partial charge in [0.1, 0.15) is 0 Å². The van der Waals surface area contributed by atoms with Crippen molar-refractivity contribution in [3.05, 3.63) is 33.8 Å². The van der Waals surface area contributed by atoms with E-state index in [4.69, 9.17) is 28.9 Å². The molecule has 2 rings (SSSR count). The summed E-state index contributed by atoms with van der Waals surface area (Å²) in [4.78, 5) is 0. The number of hydrogen-bond donors (Lipinski definition) is 2. The SMILES string of the molecule is NC(c1ccc(Cl)c(Cl)c1)C1CCNC1. The van der Waals surface area contributed by atoms with E-state index >= 15 is 0 Å². The fourth-order valence-electron chi connectivity index (χ4n) is 1.98. The van der Waals surface area contributed by atoms with Crippen LogP contribution in [0.3, 0.4) is 0 Å². The Kier molecular flexibility index (Phi) is 3.52. The summed E-state index contributed by atoms with van der Waals surface area (Å²) in [5.74, 6) is 0.502. The minimum atomic E-state index is 0.0507. The Morgan fingerprint density at radius 1 is 1.33 bits per heavy atom. The Morgan fingerprint density at radius 2 is 2.13 bits per heavy atom. The highest BCUT2D eigenvalue weighted by atomic mass is 35.5. The second kappa shape index (κ2) is 4.71. The highest BCUT2D eigenvalue weighted by Crippen LogP contribution is 2.29. The maximum atomic E-state index is 6.18. The fourth-order valence-corrected chi connectivity index (χ4v) is 2.28. The zero-order chi connectivity index (χ0) is 10.8. The first-order valence-electron chi connectivity index (χ1n) is 5.09. The normalized spacial score (nSPS) is 23.0. The van der Waals surface area contributed by atoms with Gasteiger partial charge < -0.3 is 11.1 Å². The zero-order valence-electron chi connectivity index (χ0n) is 8.34. The topological polar surface area (TPSA) is 38.0 Å². The van der Waals surface area contributed by atoms with E-state index in [1.807, 2.05) is 18.2 Å². The summed E-state index contributed by atoms with van der Waals surface area (Å²) >= 11 is 11.8. The molecule has 0 saturated carbocycles. The molecule has 0 spiro atoms. The van der Waals surface area contributed by atoms with Crippen LogP contribution in [0.25, 0.3) is 0 Å². The molecule has 0 amide bonds. The predicted molar refractivity (Wildman–Crippen MR) is 64.4 cm³/mol. The first kappa shape index (κ1) is 11.2. The molecule has 1 saturated heterocycles. The van der Waals surface area contributed by atoms with Crippen LogP contribution in [0, 0.1) is 5.92 Å². The van der Waals surface area contributed by atoms with Gasteiger partial charge >= 0.3 is 0 Å². The molecule has 82 valence electrons. The predicted octanol–water partition coefficient (Wildman–Crippen LogP) is 2.60. The van der Waals surface area contributed by atoms with Gasteiger partial charge in [-0.3, -0.25) is 0 Å². The Hall–Kier alpha value is -0.280. The Bertz CT molecular complexity index is 348. The van der Waals surface area contributed by atoms with Gasteiger partial charge in [-0.05, 0) is 43.1 Å². The van der Waals surface area contributed by atoms with Crippen LogP contribution in [0.15, 0.2) is 18.2 Å². The highest BCUT2D eigenvalue weighted by Gasteiger charge is 2.23. The minimum Gasteiger partial charge on any atom is -0.324 e. The lowest BCUT2D eigenvalue weighted by Gasteiger charge is -2.18. The van der Waals surface area contributed by atoms with Gasteiger partial charge in [0.2, 0.25) is 0 Å². The van der Waals surface area contributed by atoms with Crippen molar-refractivity contribution < 1.29 is 0 Å². The summed E-state index contributed by atoms with van der Waals surface area (Å²) in [6.07, 6.45) is 1.13. The van der Waals surface area contributed by atoms with Crippen molar-refractivity contribution >= 4 is 23.2 Å². The molecule has 0 aromatic heterocycles. The molecule has 1 aliphatic heterocycles. The van der Waals surface area contributed by atoms with Crippen molar-refractivity contribution in [3.63, 3.8) is 0 Å². The summed E-state index contributed by atoms with van der Waals surface area (Å²) in [5, 5.41) is 4.47. The molecule has 4 heteroatoms. The molecule has 0 bridgehead atoms. The molecule has 1 heterocycles. The van der Waals surface area contributed by atoms with Crippen molar-refractivity contribution in [3.8, 4) is 0 Å². The molecule has 1 aromatic rings. The van der Waals surface area contributed by atoms with Crippen LogP contribution in [-0.4, -0.2) is 13.1 Å². The van der Waals surface area contributed by atoms with Crippen molar-refractivity contribution in [1.29, 1.82) is 0 Å². The molecule has 0 radical (unpaired) electrons. The van der Waals surface area contributed by atoms with Crippen LogP contribution in [0.5, 0.6) is 0 Å². The first-order chi connectivity index (χ1) is 7.18. The zero-order valence-corrected chi connectivity index (χ0v) is 9.85. The number of benzene rings is 1. The van der Waals surface area contributed by atoms with Crippen molar-refractivity contribution in [2.24, 2.45) is 11.7 Å². The van der Waals surface area contributed by atoms with Crippen LogP contribution in [0.4, 0.5) is 0 Å². The average Bonchev–Trinajstić information content (AvgIpc) is 2.74. The van der Waals surface area contributed by atoms with Crippen LogP contribution >= 0.6 is 23.2 Å². The monoisotopic (exact) mass is 244 g/mol. The van der Waals surface area contributed by atoms with E-state index in [1.54, 1.807) is 0 Å². The fraction of sp³-hybridized carbons (Fsp3) is 0.455. The van der Waals surface area contributed by atoms with Gasteiger partial charge in [-0.15, -0.1) is 0 Å². The van der Waals surface area contributed by atoms with E-state index < -0.39 is 0 Å². The largest absolute Gasteiger partial charge is 0.324 e. The maximum Gasteiger partial charge on any atom is 0.0595 e. The minimum absolute atomic E-state index is 0.0507. The van der Waals surface area contributed by atoms with E-state index in [1.165, 1.54) is 0 Å². The lowest BCUT2D eigenvalue weighted by molar-refractivity contribution is 0.470. The summed E-state index contributed by atoms with van der Waals surface area (Å²) in [6.45, 7) is 2.04. The lowest BCUT2D eigenvalue weighted by atomic mass is 9.93. The van der Waals surface area contributed by atoms with E-state index in [9.17, 15) is 0 Å². The number of hydrogen-bond acceptors (Lipinski definition) is 2. The van der Waals surface area contributed by atoms with Crippen molar-refractivity contribution in [2.45, 2.75) is 12.5 Å². The molecule has 3 N–H and O–H groups in total. The second-order valence-corrected chi connectivity index (χ2v) is 4.77. The molecular weight excluding hydrogens is 231 g/mol. The third-order valence-electron chi connectivity index (χ3n) is 2.93. The molecule has 2 atom stereocenters. The number of rotatable bonds is 2. The van der Waals surface area contributed by atoms with Gasteiger partial charge in [-0.25, -0.2) is 0 Å². The third kappa shape index (κ3) is 2.45. The van der Waals surface area contributed by atoms with Crippen LogP contribution in [0.1, 0.15) is 18.0 Å². The third-order valence-corrected chi connectivity index (χ3v) is 3.67. The Labute approximate surface area is 99.7 Å². The van der Waals surface area contributed by atoms with Gasteiger partial charge in [0.15, 0.2) is 0 Å². The van der Waals surface area contributed by atoms with Crippen LogP contribution in [0.2, 0.25) is 10.0 Å². The van der Waals surface area contributed by atoms with Crippen LogP contribution < -0.4 is 11.1 Å². The maximum absolute atomic E-state index is 6.18. The summed E-state index contributed by atoms with van der Waals surface area (Å²) in [5.41, 5.74) is 7.25.